The van der Waals surface area contributed by atoms with Gasteiger partial charge in [-0.1, -0.05) is 0 Å². The number of aliphatic hydroxyl groups is 1. The van der Waals surface area contributed by atoms with Gasteiger partial charge in [-0.15, -0.1) is 0 Å². The highest BCUT2D eigenvalue weighted by atomic mass is 19.1. The zero-order valence-corrected chi connectivity index (χ0v) is 18.3. The Hall–Kier alpha value is -2.85. The first-order chi connectivity index (χ1) is 16.1. The first kappa shape index (κ1) is 22.0. The molecule has 1 aromatic heterocycles. The van der Waals surface area contributed by atoms with Gasteiger partial charge in [0.2, 0.25) is 0 Å². The third-order valence-corrected chi connectivity index (χ3v) is 6.22. The van der Waals surface area contributed by atoms with Gasteiger partial charge < -0.3 is 19.9 Å². The SMILES string of the molecule is O=C1Nc2ccc(F)cc2C1=C1OCc2nc(CN3CCN(CCOCCO)CC3)ccc21. The van der Waals surface area contributed by atoms with E-state index in [4.69, 9.17) is 19.6 Å². The summed E-state index contributed by atoms with van der Waals surface area (Å²) in [5.41, 5.74) is 4.01. The maximum atomic E-state index is 13.8. The monoisotopic (exact) mass is 454 g/mol. The molecule has 0 unspecified atom stereocenters. The highest BCUT2D eigenvalue weighted by Crippen LogP contribution is 2.41. The molecule has 0 saturated carbocycles. The van der Waals surface area contributed by atoms with Gasteiger partial charge in [-0.3, -0.25) is 19.6 Å². The number of aliphatic hydroxyl groups excluding tert-OH is 1. The maximum Gasteiger partial charge on any atom is 0.260 e. The molecule has 1 aromatic carbocycles. The second-order valence-corrected chi connectivity index (χ2v) is 8.39. The molecule has 0 aliphatic carbocycles. The summed E-state index contributed by atoms with van der Waals surface area (Å²) in [4.78, 5) is 22.1. The van der Waals surface area contributed by atoms with E-state index in [-0.39, 0.29) is 12.5 Å². The number of pyridine rings is 1. The fraction of sp³-hybridized carbons (Fsp3) is 0.417. The molecule has 0 bridgehead atoms. The van der Waals surface area contributed by atoms with E-state index in [1.54, 1.807) is 6.07 Å². The van der Waals surface area contributed by atoms with Crippen LogP contribution in [0.25, 0.3) is 11.3 Å². The summed E-state index contributed by atoms with van der Waals surface area (Å²) < 4.78 is 25.0. The fourth-order valence-electron chi connectivity index (χ4n) is 4.50. The molecule has 33 heavy (non-hydrogen) atoms. The Balaban J connectivity index is 1.25. The fourth-order valence-corrected chi connectivity index (χ4v) is 4.50. The van der Waals surface area contributed by atoms with E-state index in [0.29, 0.717) is 42.4 Å². The number of aromatic nitrogens is 1. The van der Waals surface area contributed by atoms with Crippen LogP contribution in [0.1, 0.15) is 22.5 Å². The third kappa shape index (κ3) is 4.63. The largest absolute Gasteiger partial charge is 0.486 e. The molecule has 3 aliphatic heterocycles. The Morgan fingerprint density at radius 1 is 1.09 bits per heavy atom. The molecule has 2 N–H and O–H groups in total. The van der Waals surface area contributed by atoms with Crippen LogP contribution < -0.4 is 5.32 Å². The third-order valence-electron chi connectivity index (χ3n) is 6.22. The number of amides is 1. The van der Waals surface area contributed by atoms with Gasteiger partial charge in [-0.05, 0) is 30.3 Å². The van der Waals surface area contributed by atoms with Gasteiger partial charge in [0, 0.05) is 56.1 Å². The molecule has 0 spiro atoms. The lowest BCUT2D eigenvalue weighted by atomic mass is 10.0. The van der Waals surface area contributed by atoms with Crippen LogP contribution in [0.15, 0.2) is 30.3 Å². The van der Waals surface area contributed by atoms with Crippen LogP contribution in [-0.4, -0.2) is 78.3 Å². The van der Waals surface area contributed by atoms with Crippen LogP contribution in [0, 0.1) is 5.82 Å². The minimum absolute atomic E-state index is 0.0598. The summed E-state index contributed by atoms with van der Waals surface area (Å²) >= 11 is 0. The van der Waals surface area contributed by atoms with Crippen LogP contribution in [0.5, 0.6) is 0 Å². The van der Waals surface area contributed by atoms with Gasteiger partial charge >= 0.3 is 0 Å². The molecule has 174 valence electrons. The molecule has 2 aromatic rings. The first-order valence-corrected chi connectivity index (χ1v) is 11.2. The van der Waals surface area contributed by atoms with Crippen molar-refractivity contribution < 1.29 is 23.8 Å². The molecular formula is C24H27FN4O4. The van der Waals surface area contributed by atoms with Crippen molar-refractivity contribution in [3.05, 3.63) is 58.7 Å². The van der Waals surface area contributed by atoms with Crippen LogP contribution in [0.3, 0.4) is 0 Å². The second-order valence-electron chi connectivity index (χ2n) is 8.39. The predicted octanol–water partition coefficient (Wildman–Crippen LogP) is 1.70. The average molecular weight is 455 g/mol. The number of benzene rings is 1. The molecule has 1 fully saturated rings. The number of piperazine rings is 1. The van der Waals surface area contributed by atoms with Crippen molar-refractivity contribution >= 4 is 22.9 Å². The number of ether oxygens (including phenoxy) is 2. The summed E-state index contributed by atoms with van der Waals surface area (Å²) in [6.45, 7) is 6.85. The van der Waals surface area contributed by atoms with E-state index in [2.05, 4.69) is 15.1 Å². The number of anilines is 1. The second kappa shape index (κ2) is 9.56. The molecule has 0 radical (unpaired) electrons. The Kier molecular flexibility index (Phi) is 6.37. The van der Waals surface area contributed by atoms with Gasteiger partial charge in [0.25, 0.3) is 5.91 Å². The van der Waals surface area contributed by atoms with Crippen molar-refractivity contribution in [1.82, 2.24) is 14.8 Å². The average Bonchev–Trinajstić information content (AvgIpc) is 3.36. The zero-order valence-electron chi connectivity index (χ0n) is 18.3. The summed E-state index contributed by atoms with van der Waals surface area (Å²) in [5.74, 6) is -0.224. The van der Waals surface area contributed by atoms with Gasteiger partial charge in [0.1, 0.15) is 18.2 Å². The summed E-state index contributed by atoms with van der Waals surface area (Å²) in [6.07, 6.45) is 0. The topological polar surface area (TPSA) is 87.2 Å². The Bertz CT molecular complexity index is 1080. The smallest absolute Gasteiger partial charge is 0.260 e. The molecule has 9 heteroatoms. The number of carbonyl (C=O) groups excluding carboxylic acids is 1. The van der Waals surface area contributed by atoms with Crippen LogP contribution in [-0.2, 0) is 27.4 Å². The summed E-state index contributed by atoms with van der Waals surface area (Å²) in [5, 5.41) is 11.6. The lowest BCUT2D eigenvalue weighted by molar-refractivity contribution is -0.110. The molecule has 8 nitrogen and oxygen atoms in total. The van der Waals surface area contributed by atoms with Gasteiger partial charge in [-0.25, -0.2) is 4.39 Å². The van der Waals surface area contributed by atoms with Crippen LogP contribution in [0.2, 0.25) is 0 Å². The number of halogens is 1. The van der Waals surface area contributed by atoms with E-state index in [1.807, 2.05) is 12.1 Å². The number of rotatable bonds is 7. The highest BCUT2D eigenvalue weighted by molar-refractivity contribution is 6.36. The lowest BCUT2D eigenvalue weighted by Gasteiger charge is -2.34. The van der Waals surface area contributed by atoms with Crippen molar-refractivity contribution in [3.63, 3.8) is 0 Å². The van der Waals surface area contributed by atoms with Crippen molar-refractivity contribution in [1.29, 1.82) is 0 Å². The van der Waals surface area contributed by atoms with Gasteiger partial charge in [0.15, 0.2) is 0 Å². The van der Waals surface area contributed by atoms with E-state index < -0.39 is 5.82 Å². The highest BCUT2D eigenvalue weighted by Gasteiger charge is 2.33. The van der Waals surface area contributed by atoms with E-state index in [9.17, 15) is 9.18 Å². The zero-order chi connectivity index (χ0) is 22.8. The molecule has 1 amide bonds. The number of hydrogen-bond donors (Lipinski definition) is 2. The molecular weight excluding hydrogens is 427 g/mol. The number of hydrogen-bond acceptors (Lipinski definition) is 7. The maximum absolute atomic E-state index is 13.8. The number of nitrogens with one attached hydrogen (secondary N) is 1. The Morgan fingerprint density at radius 2 is 1.91 bits per heavy atom. The molecule has 5 rings (SSSR count). The molecule has 0 atom stereocenters. The summed E-state index contributed by atoms with van der Waals surface area (Å²) in [6, 6.07) is 8.18. The van der Waals surface area contributed by atoms with E-state index >= 15 is 0 Å². The number of fused-ring (bicyclic) bond motifs is 2. The van der Waals surface area contributed by atoms with E-state index in [1.165, 1.54) is 12.1 Å². The molecule has 4 heterocycles. The van der Waals surface area contributed by atoms with Crippen LogP contribution in [0.4, 0.5) is 10.1 Å². The Labute approximate surface area is 191 Å². The van der Waals surface area contributed by atoms with Gasteiger partial charge in [-0.2, -0.15) is 0 Å². The predicted molar refractivity (Wildman–Crippen MR) is 120 cm³/mol. The number of nitrogens with zero attached hydrogens (tertiary/aromatic N) is 3. The van der Waals surface area contributed by atoms with E-state index in [0.717, 1.165) is 56.2 Å². The van der Waals surface area contributed by atoms with Crippen LogP contribution >= 0.6 is 0 Å². The minimum atomic E-state index is -0.396. The van der Waals surface area contributed by atoms with Crippen molar-refractivity contribution in [2.24, 2.45) is 0 Å². The molecule has 3 aliphatic rings. The first-order valence-electron chi connectivity index (χ1n) is 11.2. The quantitative estimate of drug-likeness (QED) is 0.486. The Morgan fingerprint density at radius 3 is 2.73 bits per heavy atom. The number of carbonyl (C=O) groups is 1. The van der Waals surface area contributed by atoms with Crippen molar-refractivity contribution in [2.75, 3.05) is 57.9 Å². The molecule has 1 saturated heterocycles. The van der Waals surface area contributed by atoms with Crippen molar-refractivity contribution in [2.45, 2.75) is 13.2 Å². The lowest BCUT2D eigenvalue weighted by Crippen LogP contribution is -2.46. The normalized spacial score (nSPS) is 20.5. The van der Waals surface area contributed by atoms with Gasteiger partial charge in [0.05, 0.1) is 36.8 Å². The summed E-state index contributed by atoms with van der Waals surface area (Å²) in [7, 11) is 0. The standard InChI is InChI=1S/C24H27FN4O4/c25-16-1-4-20-19(13-16)22(24(31)27-20)23-18-3-2-17(26-21(18)15-33-23)14-29-7-5-28(6-8-29)9-11-32-12-10-30/h1-4,13,30H,5-12,14-15H2,(H,27,31). The minimum Gasteiger partial charge on any atom is -0.486 e. The van der Waals surface area contributed by atoms with Crippen molar-refractivity contribution in [3.8, 4) is 0 Å².